The lowest BCUT2D eigenvalue weighted by Gasteiger charge is -2.05. The summed E-state index contributed by atoms with van der Waals surface area (Å²) in [5.74, 6) is 1.84. The summed E-state index contributed by atoms with van der Waals surface area (Å²) in [5.41, 5.74) is 5.32. The predicted molar refractivity (Wildman–Crippen MR) is 123 cm³/mol. The van der Waals surface area contributed by atoms with Crippen LogP contribution in [0.4, 0.5) is 0 Å². The lowest BCUT2D eigenvalue weighted by molar-refractivity contribution is 0.0955. The molecule has 0 spiro atoms. The first-order valence-electron chi connectivity index (χ1n) is 10.4. The van der Waals surface area contributed by atoms with E-state index >= 15 is 0 Å². The molecule has 0 aliphatic carbocycles. The van der Waals surface area contributed by atoms with Crippen molar-refractivity contribution in [2.24, 2.45) is 5.10 Å². The molecule has 7 nitrogen and oxygen atoms in total. The number of aryl methyl sites for hydroxylation is 1. The number of para-hydroxylation sites is 1. The molecule has 4 aromatic rings. The molecule has 1 amide bonds. The van der Waals surface area contributed by atoms with Crippen LogP contribution < -0.4 is 10.2 Å². The van der Waals surface area contributed by atoms with Gasteiger partial charge in [-0.1, -0.05) is 25.1 Å². The highest BCUT2D eigenvalue weighted by Gasteiger charge is 2.14. The van der Waals surface area contributed by atoms with Gasteiger partial charge in [-0.15, -0.1) is 0 Å². The van der Waals surface area contributed by atoms with Gasteiger partial charge in [-0.2, -0.15) is 10.2 Å². The number of carbonyl (C=O) groups excluding carboxylic acids is 1. The second-order valence-corrected chi connectivity index (χ2v) is 7.20. The van der Waals surface area contributed by atoms with Crippen molar-refractivity contribution in [3.63, 3.8) is 0 Å². The highest BCUT2D eigenvalue weighted by atomic mass is 16.5. The van der Waals surface area contributed by atoms with E-state index in [9.17, 15) is 4.79 Å². The van der Waals surface area contributed by atoms with E-state index in [1.807, 2.05) is 62.5 Å². The fraction of sp³-hybridized carbons (Fsp3) is 0.160. The van der Waals surface area contributed by atoms with E-state index in [0.717, 1.165) is 23.6 Å². The van der Waals surface area contributed by atoms with Crippen molar-refractivity contribution in [3.8, 4) is 22.9 Å². The number of amides is 1. The molecule has 7 heteroatoms. The molecule has 2 aromatic carbocycles. The number of aromatic nitrogens is 2. The quantitative estimate of drug-likeness (QED) is 0.317. The topological polar surface area (TPSA) is 81.6 Å². The van der Waals surface area contributed by atoms with E-state index in [2.05, 4.69) is 15.6 Å². The van der Waals surface area contributed by atoms with Gasteiger partial charge in [0.25, 0.3) is 5.91 Å². The summed E-state index contributed by atoms with van der Waals surface area (Å²) in [6.45, 7) is 4.57. The number of nitrogens with zero attached hydrogens (tertiary/aromatic N) is 3. The number of hydrogen-bond donors (Lipinski definition) is 1. The molecule has 4 rings (SSSR count). The van der Waals surface area contributed by atoms with Crippen LogP contribution in [0.3, 0.4) is 0 Å². The van der Waals surface area contributed by atoms with E-state index < -0.39 is 0 Å². The lowest BCUT2D eigenvalue weighted by atomic mass is 10.2. The highest BCUT2D eigenvalue weighted by molar-refractivity contribution is 5.95. The Kier molecular flexibility index (Phi) is 6.46. The molecule has 32 heavy (non-hydrogen) atoms. The molecule has 0 saturated carbocycles. The standard InChI is InChI=1S/C25H24N4O3/c1-3-15-31-22-12-10-19(11-13-22)25(30)27-26-16-20-17-29(21-7-5-4-6-8-21)28-24(20)23-14-9-18(2)32-23/h4-14,16-17H,3,15H2,1-2H3,(H,27,30)/b26-16-. The van der Waals surface area contributed by atoms with Crippen LogP contribution in [0.25, 0.3) is 17.1 Å². The van der Waals surface area contributed by atoms with Gasteiger partial charge in [0.1, 0.15) is 17.2 Å². The summed E-state index contributed by atoms with van der Waals surface area (Å²) in [7, 11) is 0. The van der Waals surface area contributed by atoms with Gasteiger partial charge in [-0.25, -0.2) is 10.1 Å². The monoisotopic (exact) mass is 428 g/mol. The Morgan fingerprint density at radius 1 is 1.12 bits per heavy atom. The van der Waals surface area contributed by atoms with Gasteiger partial charge >= 0.3 is 0 Å². The van der Waals surface area contributed by atoms with Crippen molar-refractivity contribution >= 4 is 12.1 Å². The van der Waals surface area contributed by atoms with E-state index in [4.69, 9.17) is 9.15 Å². The Hall–Kier alpha value is -4.13. The first kappa shape index (κ1) is 21.1. The summed E-state index contributed by atoms with van der Waals surface area (Å²) in [6, 6.07) is 20.5. The van der Waals surface area contributed by atoms with E-state index in [-0.39, 0.29) is 5.91 Å². The number of hydrogen-bond acceptors (Lipinski definition) is 5. The molecule has 0 fully saturated rings. The maximum absolute atomic E-state index is 12.4. The highest BCUT2D eigenvalue weighted by Crippen LogP contribution is 2.24. The first-order valence-corrected chi connectivity index (χ1v) is 10.4. The van der Waals surface area contributed by atoms with Crippen LogP contribution in [-0.2, 0) is 0 Å². The van der Waals surface area contributed by atoms with Crippen molar-refractivity contribution in [1.82, 2.24) is 15.2 Å². The zero-order valence-electron chi connectivity index (χ0n) is 18.0. The molecule has 2 heterocycles. The van der Waals surface area contributed by atoms with Crippen LogP contribution in [0, 0.1) is 6.92 Å². The average Bonchev–Trinajstić information content (AvgIpc) is 3.45. The summed E-state index contributed by atoms with van der Waals surface area (Å²) in [4.78, 5) is 12.4. The molecule has 0 aliphatic rings. The molecule has 162 valence electrons. The first-order chi connectivity index (χ1) is 15.6. The Bertz CT molecular complexity index is 1210. The molecular weight excluding hydrogens is 404 g/mol. The van der Waals surface area contributed by atoms with E-state index in [1.165, 1.54) is 0 Å². The minimum Gasteiger partial charge on any atom is -0.494 e. The maximum Gasteiger partial charge on any atom is 0.271 e. The second-order valence-electron chi connectivity index (χ2n) is 7.20. The third-order valence-corrected chi connectivity index (χ3v) is 4.70. The molecule has 0 unspecified atom stereocenters. The van der Waals surface area contributed by atoms with Crippen molar-refractivity contribution in [3.05, 3.63) is 89.8 Å². The number of furan rings is 1. The van der Waals surface area contributed by atoms with Gasteiger partial charge < -0.3 is 9.15 Å². The predicted octanol–water partition coefficient (Wildman–Crippen LogP) is 4.99. The Morgan fingerprint density at radius 3 is 2.59 bits per heavy atom. The molecule has 0 aliphatic heterocycles. The van der Waals surface area contributed by atoms with Gasteiger partial charge in [0.05, 0.1) is 18.5 Å². The Labute approximate surface area is 186 Å². The van der Waals surface area contributed by atoms with Gasteiger partial charge in [0.15, 0.2) is 5.76 Å². The second kappa shape index (κ2) is 9.78. The molecule has 2 aromatic heterocycles. The van der Waals surface area contributed by atoms with Crippen LogP contribution in [0.15, 0.2) is 82.4 Å². The minimum atomic E-state index is -0.311. The summed E-state index contributed by atoms with van der Waals surface area (Å²) in [5, 5.41) is 8.80. The smallest absolute Gasteiger partial charge is 0.271 e. The maximum atomic E-state index is 12.4. The zero-order chi connectivity index (χ0) is 22.3. The molecular formula is C25H24N4O3. The number of hydrazone groups is 1. The van der Waals surface area contributed by atoms with Crippen LogP contribution in [0.2, 0.25) is 0 Å². The number of nitrogens with one attached hydrogen (secondary N) is 1. The largest absolute Gasteiger partial charge is 0.494 e. The third-order valence-electron chi connectivity index (χ3n) is 4.70. The normalized spacial score (nSPS) is 11.1. The lowest BCUT2D eigenvalue weighted by Crippen LogP contribution is -2.17. The Morgan fingerprint density at radius 2 is 1.91 bits per heavy atom. The van der Waals surface area contributed by atoms with E-state index in [0.29, 0.717) is 29.2 Å². The number of carbonyl (C=O) groups is 1. The van der Waals surface area contributed by atoms with Crippen LogP contribution >= 0.6 is 0 Å². The van der Waals surface area contributed by atoms with Gasteiger partial charge in [0.2, 0.25) is 0 Å². The van der Waals surface area contributed by atoms with Gasteiger partial charge in [0, 0.05) is 17.3 Å². The fourth-order valence-electron chi connectivity index (χ4n) is 3.10. The average molecular weight is 428 g/mol. The molecule has 0 saturated heterocycles. The van der Waals surface area contributed by atoms with Crippen molar-refractivity contribution < 1.29 is 13.9 Å². The van der Waals surface area contributed by atoms with Crippen molar-refractivity contribution in [2.75, 3.05) is 6.61 Å². The van der Waals surface area contributed by atoms with Crippen molar-refractivity contribution in [1.29, 1.82) is 0 Å². The number of ether oxygens (including phenoxy) is 1. The fourth-order valence-corrected chi connectivity index (χ4v) is 3.10. The van der Waals surface area contributed by atoms with Crippen LogP contribution in [0.1, 0.15) is 35.0 Å². The summed E-state index contributed by atoms with van der Waals surface area (Å²) in [6.07, 6.45) is 4.34. The van der Waals surface area contributed by atoms with Gasteiger partial charge in [-0.05, 0) is 61.9 Å². The minimum absolute atomic E-state index is 0.311. The molecule has 1 N–H and O–H groups in total. The van der Waals surface area contributed by atoms with Gasteiger partial charge in [-0.3, -0.25) is 4.79 Å². The summed E-state index contributed by atoms with van der Waals surface area (Å²) < 4.78 is 13.1. The van der Waals surface area contributed by atoms with Crippen LogP contribution in [0.5, 0.6) is 5.75 Å². The number of rotatable bonds is 8. The van der Waals surface area contributed by atoms with E-state index in [1.54, 1.807) is 35.2 Å². The van der Waals surface area contributed by atoms with Crippen molar-refractivity contribution in [2.45, 2.75) is 20.3 Å². The molecule has 0 atom stereocenters. The summed E-state index contributed by atoms with van der Waals surface area (Å²) >= 11 is 0. The number of benzene rings is 2. The van der Waals surface area contributed by atoms with Crippen LogP contribution in [-0.4, -0.2) is 28.5 Å². The zero-order valence-corrected chi connectivity index (χ0v) is 18.0. The molecule has 0 radical (unpaired) electrons. The Balaban J connectivity index is 1.52. The SMILES string of the molecule is CCCOc1ccc(C(=O)N/N=C\c2cn(-c3ccccc3)nc2-c2ccc(C)o2)cc1. The molecule has 0 bridgehead atoms. The third kappa shape index (κ3) is 4.95.